The first-order chi connectivity index (χ1) is 32.5. The Labute approximate surface area is 394 Å². The van der Waals surface area contributed by atoms with Crippen molar-refractivity contribution in [3.8, 4) is 0 Å². The van der Waals surface area contributed by atoms with Gasteiger partial charge < -0.3 is 0 Å². The number of nitrogens with zero attached hydrogens (tertiary/aromatic N) is 1. The Bertz CT molecular complexity index is 2470. The molecule has 0 aliphatic carbocycles. The maximum absolute atomic E-state index is 14.2. The van der Waals surface area contributed by atoms with Crippen molar-refractivity contribution in [1.82, 2.24) is 0 Å². The maximum Gasteiger partial charge on any atom is 0.416 e. The van der Waals surface area contributed by atoms with Crippen molar-refractivity contribution in [2.24, 2.45) is 0 Å². The molecule has 2 nitrogen and oxygen atoms in total. The lowest BCUT2D eigenvalue weighted by Crippen LogP contribution is -2.75. The fourth-order valence-corrected chi connectivity index (χ4v) is 8.54. The lowest BCUT2D eigenvalue weighted by Gasteiger charge is -2.46. The van der Waals surface area contributed by atoms with Crippen molar-refractivity contribution in [2.75, 3.05) is 6.26 Å². The zero-order valence-corrected chi connectivity index (χ0v) is 36.6. The van der Waals surface area contributed by atoms with Crippen LogP contribution in [-0.2, 0) is 66.8 Å². The minimum absolute atomic E-state index is 0.691. The summed E-state index contributed by atoms with van der Waals surface area (Å²) in [6.07, 6.45) is -51.1. The summed E-state index contributed by atoms with van der Waals surface area (Å²) in [6.45, 7) is 0.875. The minimum atomic E-state index is -6.13. The number of benzene rings is 5. The van der Waals surface area contributed by atoms with Crippen LogP contribution in [0.5, 0.6) is 0 Å². The van der Waals surface area contributed by atoms with Crippen LogP contribution in [0.2, 0.25) is 0 Å². The number of alkyl halides is 24. The summed E-state index contributed by atoms with van der Waals surface area (Å²) >= 11 is 1.68. The molecule has 1 aromatic heterocycles. The van der Waals surface area contributed by atoms with Crippen molar-refractivity contribution in [1.29, 1.82) is 0 Å². The molecule has 0 saturated heterocycles. The normalized spacial score (nSPS) is 14.0. The van der Waals surface area contributed by atoms with Crippen LogP contribution in [0.25, 0.3) is 0 Å². The molecule has 0 spiro atoms. The predicted molar refractivity (Wildman–Crippen MR) is 212 cm³/mol. The molecule has 0 aliphatic rings. The summed E-state index contributed by atoms with van der Waals surface area (Å²) in [6, 6.07) is -0.894. The average molecular weight is 1100 g/mol. The van der Waals surface area contributed by atoms with Gasteiger partial charge in [0.2, 0.25) is 5.51 Å². The zero-order valence-electron chi connectivity index (χ0n) is 35.0. The lowest BCUT2D eigenvalue weighted by atomic mass is 9.12. The third kappa shape index (κ3) is 13.3. The summed E-state index contributed by atoms with van der Waals surface area (Å²) in [7, 11) is -0.881. The molecule has 5 aromatic carbocycles. The van der Waals surface area contributed by atoms with E-state index in [1.165, 1.54) is 5.56 Å². The van der Waals surface area contributed by atoms with Gasteiger partial charge in [-0.05, 0) is 36.4 Å². The van der Waals surface area contributed by atoms with Crippen LogP contribution in [-0.4, -0.2) is 16.6 Å². The van der Waals surface area contributed by atoms with Gasteiger partial charge in [-0.25, -0.2) is 0 Å². The molecule has 29 heteroatoms. The monoisotopic (exact) mass is 1100 g/mol. The van der Waals surface area contributed by atoms with Crippen molar-refractivity contribution in [3.05, 3.63) is 164 Å². The Hall–Kier alpha value is -5.74. The molecule has 0 amide bonds. The van der Waals surface area contributed by atoms with Gasteiger partial charge in [0.25, 0.3) is 0 Å². The first kappa shape index (κ1) is 57.2. The van der Waals surface area contributed by atoms with E-state index in [1.54, 1.807) is 17.6 Å². The molecule has 6 rings (SSSR count). The molecule has 0 bridgehead atoms. The third-order valence-electron chi connectivity index (χ3n) is 10.6. The highest BCUT2D eigenvalue weighted by molar-refractivity contribution is 7.84. The van der Waals surface area contributed by atoms with E-state index >= 15 is 0 Å². The van der Waals surface area contributed by atoms with E-state index in [2.05, 4.69) is 21.7 Å². The van der Waals surface area contributed by atoms with Gasteiger partial charge in [0, 0.05) is 27.5 Å². The highest BCUT2D eigenvalue weighted by atomic mass is 32.2. The van der Waals surface area contributed by atoms with Crippen LogP contribution in [0, 0.1) is 0 Å². The van der Waals surface area contributed by atoms with Crippen LogP contribution in [0.1, 0.15) is 50.1 Å². The largest absolute Gasteiger partial charge is 0.416 e. The Morgan fingerprint density at radius 3 is 0.819 bits per heavy atom. The molecule has 1 atom stereocenters. The topological polar surface area (TPSA) is 20.9 Å². The van der Waals surface area contributed by atoms with Crippen LogP contribution in [0.3, 0.4) is 0 Å². The first-order valence-electron chi connectivity index (χ1n) is 19.2. The van der Waals surface area contributed by atoms with Gasteiger partial charge in [-0.3, -0.25) is 4.21 Å². The molecule has 72 heavy (non-hydrogen) atoms. The van der Waals surface area contributed by atoms with Crippen LogP contribution in [0.15, 0.2) is 119 Å². The Morgan fingerprint density at radius 2 is 0.639 bits per heavy atom. The molecular weight excluding hydrogens is 1080 g/mol. The van der Waals surface area contributed by atoms with Gasteiger partial charge in [0.1, 0.15) is 6.15 Å². The van der Waals surface area contributed by atoms with E-state index in [0.29, 0.717) is 0 Å². The Balaban J connectivity index is 0.000000542. The van der Waals surface area contributed by atoms with Gasteiger partial charge in [0.05, 0.1) is 49.9 Å². The van der Waals surface area contributed by atoms with Crippen LogP contribution < -0.4 is 26.4 Å². The minimum Gasteiger partial charge on any atom is -0.255 e. The summed E-state index contributed by atoms with van der Waals surface area (Å²) in [5.41, 5.74) is -26.9. The second-order valence-electron chi connectivity index (χ2n) is 15.5. The van der Waals surface area contributed by atoms with Crippen LogP contribution in [0.4, 0.5) is 105 Å². The van der Waals surface area contributed by atoms with Crippen LogP contribution >= 0.6 is 11.3 Å². The smallest absolute Gasteiger partial charge is 0.255 e. The fraction of sp³-hybridized carbons (Fsp3) is 0.233. The fourth-order valence-electron chi connectivity index (χ4n) is 7.42. The van der Waals surface area contributed by atoms with E-state index in [0.717, 1.165) is 11.4 Å². The number of rotatable bonds is 7. The van der Waals surface area contributed by atoms with E-state index in [-0.39, 0.29) is 0 Å². The molecule has 1 heterocycles. The highest BCUT2D eigenvalue weighted by Crippen LogP contribution is 2.41. The molecule has 6 aromatic rings. The summed E-state index contributed by atoms with van der Waals surface area (Å²) < 4.78 is 354. The molecular formula is C43H24BF24NOS2. The lowest BCUT2D eigenvalue weighted by molar-refractivity contribution is -0.683. The molecule has 0 fully saturated rings. The average Bonchev–Trinajstić information content (AvgIpc) is 3.75. The van der Waals surface area contributed by atoms with Crippen molar-refractivity contribution >= 4 is 50.1 Å². The number of thiazole rings is 1. The Kier molecular flexibility index (Phi) is 15.6. The van der Waals surface area contributed by atoms with E-state index < -0.39 is 206 Å². The zero-order chi connectivity index (χ0) is 54.6. The van der Waals surface area contributed by atoms with Crippen molar-refractivity contribution in [3.63, 3.8) is 0 Å². The molecule has 0 saturated carbocycles. The number of halogens is 24. The van der Waals surface area contributed by atoms with Gasteiger partial charge in [-0.1, -0.05) is 72.0 Å². The molecule has 0 aliphatic heterocycles. The van der Waals surface area contributed by atoms with Gasteiger partial charge in [0.15, 0.2) is 12.7 Å². The van der Waals surface area contributed by atoms with Gasteiger partial charge >= 0.3 is 49.4 Å². The number of hydrogen-bond donors (Lipinski definition) is 0. The SMILES string of the molecule is CS(=O)c1ccc(C[n+]2ccsc2)cc1.FC(F)(F)c1cc([B-](c2cc(C(F)(F)F)cc(C(F)(F)F)c2)(c2cc(C(F)(F)F)cc(C(F)(F)F)c2)c2cc(C(F)(F)F)cc(C(F)(F)F)c2)cc(C(F)(F)F)c1. The van der Waals surface area contributed by atoms with E-state index in [1.807, 2.05) is 24.3 Å². The third-order valence-corrected chi connectivity index (χ3v) is 12.2. The summed E-state index contributed by atoms with van der Waals surface area (Å²) in [4.78, 5) is 0.883. The molecule has 0 radical (unpaired) electrons. The number of aromatic nitrogens is 1. The first-order valence-corrected chi connectivity index (χ1v) is 21.7. The summed E-state index contributed by atoms with van der Waals surface area (Å²) in [5.74, 6) is 0. The van der Waals surface area contributed by atoms with E-state index in [9.17, 15) is 110 Å². The standard InChI is InChI=1S/C32H12BF24.C11H12NOS2/c34-25(35,36)13-1-14(26(37,38)39)6-21(5-13)33(22-7-15(27(40,41)42)2-16(8-22)28(43,44)45,23-9-17(29(46,47)48)3-18(10-23)30(49,50)51)24-11-19(31(52,53)54)4-20(12-24)32(55,56)57;1-15(13)11-4-2-10(3-5-11)8-12-6-7-14-9-12/h1-12H;2-7,9H,8H2,1H3/q-1;+1. The molecule has 0 N–H and O–H groups in total. The van der Waals surface area contributed by atoms with E-state index in [4.69, 9.17) is 0 Å². The molecule has 1 unspecified atom stereocenters. The number of hydrogen-bond acceptors (Lipinski definition) is 2. The van der Waals surface area contributed by atoms with Gasteiger partial charge in [-0.15, -0.1) is 0 Å². The quantitative estimate of drug-likeness (QED) is 0.0887. The maximum atomic E-state index is 14.2. The van der Waals surface area contributed by atoms with Crippen molar-refractivity contribution in [2.45, 2.75) is 60.9 Å². The second kappa shape index (κ2) is 19.6. The molecule has 390 valence electrons. The highest BCUT2D eigenvalue weighted by Gasteiger charge is 2.47. The van der Waals surface area contributed by atoms with Crippen molar-refractivity contribution < 1.29 is 114 Å². The van der Waals surface area contributed by atoms with Gasteiger partial charge in [-0.2, -0.15) is 132 Å². The second-order valence-corrected chi connectivity index (χ2v) is 17.7. The predicted octanol–water partition coefficient (Wildman–Crippen LogP) is 13.0. The Morgan fingerprint density at radius 1 is 0.403 bits per heavy atom. The summed E-state index contributed by atoms with van der Waals surface area (Å²) in [5, 5.41) is 2.05.